The van der Waals surface area contributed by atoms with Gasteiger partial charge in [-0.3, -0.25) is 14.4 Å². The number of unbranched alkanes of at least 4 members (excludes halogenated alkanes) is 1. The van der Waals surface area contributed by atoms with Gasteiger partial charge >= 0.3 is 24.1 Å². The van der Waals surface area contributed by atoms with E-state index in [9.17, 15) is 24.3 Å². The van der Waals surface area contributed by atoms with Crippen LogP contribution in [0.3, 0.4) is 0 Å². The molecule has 1 aromatic rings. The monoisotopic (exact) mass is 439 g/mol. The number of nitrogens with one attached hydrogen (secondary N) is 1. The molecule has 0 amide bonds. The highest BCUT2D eigenvalue weighted by Gasteiger charge is 2.21. The Morgan fingerprint density at radius 2 is 1.71 bits per heavy atom. The number of carbonyl (C=O) groups excluding carboxylic acids is 3. The van der Waals surface area contributed by atoms with E-state index in [1.54, 1.807) is 13.0 Å². The molecule has 0 aliphatic rings. The van der Waals surface area contributed by atoms with Crippen molar-refractivity contribution in [1.29, 1.82) is 0 Å². The predicted octanol–water partition coefficient (Wildman–Crippen LogP) is 2.46. The summed E-state index contributed by atoms with van der Waals surface area (Å²) in [6.07, 6.45) is 0.234. The van der Waals surface area contributed by atoms with Crippen molar-refractivity contribution in [1.82, 2.24) is 5.32 Å². The summed E-state index contributed by atoms with van der Waals surface area (Å²) in [5.41, 5.74) is 0.527. The molecule has 0 saturated carbocycles. The van der Waals surface area contributed by atoms with Gasteiger partial charge in [0, 0.05) is 20.4 Å². The summed E-state index contributed by atoms with van der Waals surface area (Å²) < 4.78 is 20.0. The molecule has 0 saturated heterocycles. The second-order valence-corrected chi connectivity index (χ2v) is 6.85. The third kappa shape index (κ3) is 10.4. The number of hydrogen-bond acceptors (Lipinski definition) is 9. The fraction of sp³-hybridized carbons (Fsp3) is 0.524. The summed E-state index contributed by atoms with van der Waals surface area (Å²) >= 11 is 0. The van der Waals surface area contributed by atoms with Crippen LogP contribution in [0.2, 0.25) is 0 Å². The zero-order valence-corrected chi connectivity index (χ0v) is 18.1. The van der Waals surface area contributed by atoms with Crippen LogP contribution in [0.4, 0.5) is 4.79 Å². The van der Waals surface area contributed by atoms with E-state index < -0.39 is 36.2 Å². The van der Waals surface area contributed by atoms with Gasteiger partial charge in [-0.1, -0.05) is 19.4 Å². The molecule has 0 fully saturated rings. The Labute approximate surface area is 180 Å². The standard InChI is InChI=1S/C21H29NO9/c1-5-6-9-28-21(27)29-13(2)12-22-17(20(25)26)10-16-7-8-18(30-14(3)23)19(11-16)31-15(4)24/h7-8,11,13,17,22H,5-6,9-10,12H2,1-4H3,(H,25,26)/t13?,17-/m0/s1. The summed E-state index contributed by atoms with van der Waals surface area (Å²) in [5, 5.41) is 12.3. The predicted molar refractivity (Wildman–Crippen MR) is 109 cm³/mol. The first-order valence-electron chi connectivity index (χ1n) is 9.91. The summed E-state index contributed by atoms with van der Waals surface area (Å²) in [6.45, 7) is 6.33. The number of carbonyl (C=O) groups is 4. The van der Waals surface area contributed by atoms with Crippen LogP contribution in [-0.4, -0.2) is 54.5 Å². The van der Waals surface area contributed by atoms with E-state index in [-0.39, 0.29) is 31.1 Å². The average Bonchev–Trinajstić information content (AvgIpc) is 2.66. The van der Waals surface area contributed by atoms with E-state index in [1.165, 1.54) is 26.0 Å². The number of carboxylic acids is 1. The maximum Gasteiger partial charge on any atom is 0.508 e. The Kier molecular flexibility index (Phi) is 11.0. The zero-order chi connectivity index (χ0) is 23.4. The van der Waals surface area contributed by atoms with Gasteiger partial charge in [-0.05, 0) is 37.5 Å². The first kappa shape index (κ1) is 25.9. The van der Waals surface area contributed by atoms with Crippen molar-refractivity contribution in [2.75, 3.05) is 13.2 Å². The van der Waals surface area contributed by atoms with Crippen molar-refractivity contribution >= 4 is 24.1 Å². The van der Waals surface area contributed by atoms with Gasteiger partial charge in [-0.2, -0.15) is 0 Å². The molecule has 0 spiro atoms. The number of benzene rings is 1. The Morgan fingerprint density at radius 1 is 1.06 bits per heavy atom. The molecule has 10 heteroatoms. The number of esters is 2. The maximum absolute atomic E-state index is 11.6. The highest BCUT2D eigenvalue weighted by atomic mass is 16.7. The van der Waals surface area contributed by atoms with Crippen LogP contribution in [0.25, 0.3) is 0 Å². The Balaban J connectivity index is 2.75. The second kappa shape index (κ2) is 13.2. The molecule has 1 aromatic carbocycles. The lowest BCUT2D eigenvalue weighted by Crippen LogP contribution is -2.42. The second-order valence-electron chi connectivity index (χ2n) is 6.85. The number of hydrogen-bond donors (Lipinski definition) is 2. The highest BCUT2D eigenvalue weighted by Crippen LogP contribution is 2.29. The van der Waals surface area contributed by atoms with Crippen molar-refractivity contribution in [3.05, 3.63) is 23.8 Å². The van der Waals surface area contributed by atoms with Crippen molar-refractivity contribution in [2.24, 2.45) is 0 Å². The van der Waals surface area contributed by atoms with Gasteiger partial charge in [0.1, 0.15) is 12.1 Å². The van der Waals surface area contributed by atoms with Crippen LogP contribution in [0, 0.1) is 0 Å². The molecular formula is C21H29NO9. The summed E-state index contributed by atoms with van der Waals surface area (Å²) in [4.78, 5) is 45.7. The van der Waals surface area contributed by atoms with E-state index in [0.29, 0.717) is 5.56 Å². The molecule has 10 nitrogen and oxygen atoms in total. The lowest BCUT2D eigenvalue weighted by Gasteiger charge is -2.19. The van der Waals surface area contributed by atoms with Crippen molar-refractivity contribution in [3.63, 3.8) is 0 Å². The molecule has 2 atom stereocenters. The largest absolute Gasteiger partial charge is 0.508 e. The molecule has 0 aliphatic heterocycles. The molecule has 172 valence electrons. The summed E-state index contributed by atoms with van der Waals surface area (Å²) in [7, 11) is 0. The number of carboxylic acid groups (broad SMARTS) is 1. The third-order valence-electron chi connectivity index (χ3n) is 3.92. The van der Waals surface area contributed by atoms with Crippen LogP contribution >= 0.6 is 0 Å². The first-order valence-corrected chi connectivity index (χ1v) is 9.91. The van der Waals surface area contributed by atoms with Gasteiger partial charge in [0.25, 0.3) is 0 Å². The quantitative estimate of drug-likeness (QED) is 0.284. The topological polar surface area (TPSA) is 137 Å². The maximum atomic E-state index is 11.6. The Hall–Kier alpha value is -3.14. The minimum Gasteiger partial charge on any atom is -0.480 e. The normalized spacial score (nSPS) is 12.4. The van der Waals surface area contributed by atoms with E-state index in [1.807, 2.05) is 6.92 Å². The molecule has 0 aliphatic carbocycles. The first-order chi connectivity index (χ1) is 14.6. The molecule has 31 heavy (non-hydrogen) atoms. The van der Waals surface area contributed by atoms with Crippen LogP contribution in [0.1, 0.15) is 46.1 Å². The van der Waals surface area contributed by atoms with Gasteiger partial charge in [0.05, 0.1) is 6.61 Å². The van der Waals surface area contributed by atoms with Crippen molar-refractivity contribution in [2.45, 2.75) is 59.1 Å². The molecule has 0 bridgehead atoms. The van der Waals surface area contributed by atoms with Crippen LogP contribution in [-0.2, 0) is 30.3 Å². The van der Waals surface area contributed by atoms with E-state index in [0.717, 1.165) is 12.8 Å². The molecule has 1 unspecified atom stereocenters. The Morgan fingerprint density at radius 3 is 2.29 bits per heavy atom. The number of aliphatic carboxylic acids is 1. The van der Waals surface area contributed by atoms with Crippen molar-refractivity contribution in [3.8, 4) is 11.5 Å². The molecule has 1 rings (SSSR count). The smallest absolute Gasteiger partial charge is 0.480 e. The minimum absolute atomic E-state index is 0.0101. The zero-order valence-electron chi connectivity index (χ0n) is 18.1. The minimum atomic E-state index is -1.11. The van der Waals surface area contributed by atoms with Crippen LogP contribution in [0.5, 0.6) is 11.5 Å². The molecule has 0 radical (unpaired) electrons. The summed E-state index contributed by atoms with van der Waals surface area (Å²) in [5.74, 6) is -2.26. The van der Waals surface area contributed by atoms with Gasteiger partial charge in [-0.15, -0.1) is 0 Å². The fourth-order valence-corrected chi connectivity index (χ4v) is 2.48. The molecule has 0 aromatic heterocycles. The van der Waals surface area contributed by atoms with Gasteiger partial charge in [0.15, 0.2) is 11.5 Å². The van der Waals surface area contributed by atoms with Crippen LogP contribution < -0.4 is 14.8 Å². The fourth-order valence-electron chi connectivity index (χ4n) is 2.48. The highest BCUT2D eigenvalue weighted by molar-refractivity contribution is 5.75. The van der Waals surface area contributed by atoms with Crippen LogP contribution in [0.15, 0.2) is 18.2 Å². The van der Waals surface area contributed by atoms with E-state index >= 15 is 0 Å². The van der Waals surface area contributed by atoms with E-state index in [4.69, 9.17) is 18.9 Å². The molecule has 2 N–H and O–H groups in total. The molecular weight excluding hydrogens is 410 g/mol. The lowest BCUT2D eigenvalue weighted by atomic mass is 10.0. The number of rotatable bonds is 12. The SMILES string of the molecule is CCCCOC(=O)OC(C)CN[C@@H](Cc1ccc(OC(C)=O)c(OC(C)=O)c1)C(=O)O. The van der Waals surface area contributed by atoms with Crippen molar-refractivity contribution < 1.29 is 43.2 Å². The van der Waals surface area contributed by atoms with E-state index in [2.05, 4.69) is 5.32 Å². The van der Waals surface area contributed by atoms with Gasteiger partial charge in [0.2, 0.25) is 0 Å². The number of ether oxygens (including phenoxy) is 4. The Bertz CT molecular complexity index is 778. The third-order valence-corrected chi connectivity index (χ3v) is 3.92. The average molecular weight is 439 g/mol. The lowest BCUT2D eigenvalue weighted by molar-refractivity contribution is -0.139. The summed E-state index contributed by atoms with van der Waals surface area (Å²) in [6, 6.07) is 3.41. The molecule has 0 heterocycles. The van der Waals surface area contributed by atoms with Gasteiger partial charge in [-0.25, -0.2) is 4.79 Å². The van der Waals surface area contributed by atoms with Gasteiger partial charge < -0.3 is 29.4 Å².